The molecule has 0 aliphatic carbocycles. The first kappa shape index (κ1) is 23.6. The number of nitrogens with zero attached hydrogens (tertiary/aromatic N) is 4. The summed E-state index contributed by atoms with van der Waals surface area (Å²) in [6.45, 7) is 5.97. The van der Waals surface area contributed by atoms with Crippen molar-refractivity contribution < 1.29 is 13.9 Å². The van der Waals surface area contributed by atoms with Gasteiger partial charge >= 0.3 is 0 Å². The second kappa shape index (κ2) is 11.0. The lowest BCUT2D eigenvalue weighted by atomic mass is 10.1. The molecule has 0 bridgehead atoms. The van der Waals surface area contributed by atoms with Crippen LogP contribution < -0.4 is 10.3 Å². The molecule has 1 fully saturated rings. The molecule has 1 aromatic heterocycles. The summed E-state index contributed by atoms with van der Waals surface area (Å²) >= 11 is 0. The Kier molecular flexibility index (Phi) is 7.64. The zero-order chi connectivity index (χ0) is 23.9. The van der Waals surface area contributed by atoms with Gasteiger partial charge in [0.2, 0.25) is 5.91 Å². The molecule has 4 rings (SSSR count). The number of hydrogen-bond donors (Lipinski definition) is 1. The van der Waals surface area contributed by atoms with E-state index in [4.69, 9.17) is 4.74 Å². The van der Waals surface area contributed by atoms with Gasteiger partial charge in [0.15, 0.2) is 5.82 Å². The first-order chi connectivity index (χ1) is 16.5. The molecule has 1 saturated heterocycles. The van der Waals surface area contributed by atoms with Gasteiger partial charge in [0.1, 0.15) is 17.3 Å². The molecule has 0 spiro atoms. The lowest BCUT2D eigenvalue weighted by Crippen LogP contribution is -2.48. The van der Waals surface area contributed by atoms with Gasteiger partial charge in [-0.3, -0.25) is 14.5 Å². The Morgan fingerprint density at radius 3 is 2.38 bits per heavy atom. The van der Waals surface area contributed by atoms with E-state index < -0.39 is 0 Å². The molecular weight excluding hydrogens is 437 g/mol. The highest BCUT2D eigenvalue weighted by Crippen LogP contribution is 2.18. The van der Waals surface area contributed by atoms with Crippen LogP contribution in [0, 0.1) is 5.82 Å². The molecule has 8 nitrogen and oxygen atoms in total. The van der Waals surface area contributed by atoms with Crippen LogP contribution in [0.2, 0.25) is 0 Å². The van der Waals surface area contributed by atoms with Crippen molar-refractivity contribution in [3.8, 4) is 17.1 Å². The van der Waals surface area contributed by atoms with Gasteiger partial charge in [-0.2, -0.15) is 0 Å². The molecular formula is C25H28FN5O3. The molecule has 2 heterocycles. The summed E-state index contributed by atoms with van der Waals surface area (Å²) in [6.07, 6.45) is 0.443. The fourth-order valence-electron chi connectivity index (χ4n) is 3.92. The summed E-state index contributed by atoms with van der Waals surface area (Å²) in [5.74, 6) is 0.875. The van der Waals surface area contributed by atoms with Gasteiger partial charge in [-0.15, -0.1) is 10.2 Å². The van der Waals surface area contributed by atoms with E-state index >= 15 is 0 Å². The number of ether oxygens (including phenoxy) is 1. The predicted octanol–water partition coefficient (Wildman–Crippen LogP) is 2.65. The second-order valence-corrected chi connectivity index (χ2v) is 8.19. The van der Waals surface area contributed by atoms with Crippen molar-refractivity contribution in [3.05, 3.63) is 76.0 Å². The SMILES string of the molecule is CCOc1ccc(-c2nnc(CCC(=O)N3CCN(Cc4ccc(F)cc4)CC3)c(=O)[nH]2)cc1. The molecule has 1 amide bonds. The number of aryl methyl sites for hydroxylation is 1. The fraction of sp³-hybridized carbons (Fsp3) is 0.360. The average Bonchev–Trinajstić information content (AvgIpc) is 2.85. The molecule has 0 radical (unpaired) electrons. The molecule has 9 heteroatoms. The number of nitrogens with one attached hydrogen (secondary N) is 1. The van der Waals surface area contributed by atoms with Crippen molar-refractivity contribution in [3.63, 3.8) is 0 Å². The van der Waals surface area contributed by atoms with E-state index in [1.807, 2.05) is 36.1 Å². The van der Waals surface area contributed by atoms with Crippen LogP contribution in [0.5, 0.6) is 5.75 Å². The highest BCUT2D eigenvalue weighted by atomic mass is 19.1. The summed E-state index contributed by atoms with van der Waals surface area (Å²) in [4.78, 5) is 31.9. The first-order valence-corrected chi connectivity index (χ1v) is 11.5. The third kappa shape index (κ3) is 6.05. The molecule has 1 aliphatic heterocycles. The number of carbonyl (C=O) groups excluding carboxylic acids is 1. The van der Waals surface area contributed by atoms with Crippen LogP contribution in [-0.4, -0.2) is 63.7 Å². The number of hydrogen-bond acceptors (Lipinski definition) is 6. The molecule has 3 aromatic rings. The summed E-state index contributed by atoms with van der Waals surface area (Å²) in [6, 6.07) is 13.7. The second-order valence-electron chi connectivity index (χ2n) is 8.19. The lowest BCUT2D eigenvalue weighted by Gasteiger charge is -2.34. The van der Waals surface area contributed by atoms with Gasteiger partial charge in [-0.25, -0.2) is 4.39 Å². The molecule has 2 aromatic carbocycles. The van der Waals surface area contributed by atoms with Crippen LogP contribution in [0.1, 0.15) is 24.6 Å². The minimum Gasteiger partial charge on any atom is -0.494 e. The van der Waals surface area contributed by atoms with E-state index in [9.17, 15) is 14.0 Å². The Hall–Kier alpha value is -3.59. The Morgan fingerprint density at radius 2 is 1.74 bits per heavy atom. The number of carbonyl (C=O) groups is 1. The Morgan fingerprint density at radius 1 is 1.03 bits per heavy atom. The first-order valence-electron chi connectivity index (χ1n) is 11.5. The zero-order valence-corrected chi connectivity index (χ0v) is 19.2. The van der Waals surface area contributed by atoms with Gasteiger partial charge in [-0.05, 0) is 48.9 Å². The van der Waals surface area contributed by atoms with Crippen molar-refractivity contribution in [2.75, 3.05) is 32.8 Å². The van der Waals surface area contributed by atoms with Gasteiger partial charge in [0.25, 0.3) is 5.56 Å². The maximum absolute atomic E-state index is 13.1. The van der Waals surface area contributed by atoms with E-state index in [0.717, 1.165) is 36.5 Å². The Bertz CT molecular complexity index is 1160. The molecule has 34 heavy (non-hydrogen) atoms. The number of piperazine rings is 1. The fourth-order valence-corrected chi connectivity index (χ4v) is 3.92. The van der Waals surface area contributed by atoms with Crippen LogP contribution >= 0.6 is 0 Å². The third-order valence-electron chi connectivity index (χ3n) is 5.82. The van der Waals surface area contributed by atoms with Crippen molar-refractivity contribution in [1.82, 2.24) is 25.0 Å². The molecule has 1 aliphatic rings. The highest BCUT2D eigenvalue weighted by Gasteiger charge is 2.21. The summed E-state index contributed by atoms with van der Waals surface area (Å²) in [5, 5.41) is 8.19. The molecule has 0 unspecified atom stereocenters. The van der Waals surface area contributed by atoms with E-state index in [1.54, 1.807) is 12.1 Å². The quantitative estimate of drug-likeness (QED) is 0.550. The topological polar surface area (TPSA) is 91.4 Å². The van der Waals surface area contributed by atoms with E-state index in [0.29, 0.717) is 25.5 Å². The van der Waals surface area contributed by atoms with Crippen molar-refractivity contribution >= 4 is 5.91 Å². The third-order valence-corrected chi connectivity index (χ3v) is 5.82. The van der Waals surface area contributed by atoms with Crippen LogP contribution in [0.15, 0.2) is 53.3 Å². The van der Waals surface area contributed by atoms with Crippen LogP contribution in [0.25, 0.3) is 11.4 Å². The maximum Gasteiger partial charge on any atom is 0.273 e. The largest absolute Gasteiger partial charge is 0.494 e. The zero-order valence-electron chi connectivity index (χ0n) is 19.2. The number of aromatic nitrogens is 3. The number of amides is 1. The monoisotopic (exact) mass is 465 g/mol. The van der Waals surface area contributed by atoms with Crippen LogP contribution in [-0.2, 0) is 17.8 Å². The average molecular weight is 466 g/mol. The Balaban J connectivity index is 1.26. The Labute approximate surface area is 197 Å². The minimum atomic E-state index is -0.337. The standard InChI is InChI=1S/C25H28FN5O3/c1-2-34-21-9-5-19(6-10-21)24-27-25(33)22(28-29-24)11-12-23(32)31-15-13-30(14-16-31)17-18-3-7-20(26)8-4-18/h3-10H,2,11-17H2,1H3,(H,27,29,33). The minimum absolute atomic E-state index is 0.00165. The van der Waals surface area contributed by atoms with E-state index in [2.05, 4.69) is 20.1 Å². The van der Waals surface area contributed by atoms with Gasteiger partial charge in [0.05, 0.1) is 6.61 Å². The summed E-state index contributed by atoms with van der Waals surface area (Å²) in [5.41, 5.74) is 1.69. The number of rotatable bonds is 8. The number of H-pyrrole nitrogens is 1. The summed E-state index contributed by atoms with van der Waals surface area (Å²) < 4.78 is 18.5. The maximum atomic E-state index is 13.1. The molecule has 0 saturated carbocycles. The molecule has 0 atom stereocenters. The smallest absolute Gasteiger partial charge is 0.273 e. The lowest BCUT2D eigenvalue weighted by molar-refractivity contribution is -0.133. The van der Waals surface area contributed by atoms with Gasteiger partial charge in [-0.1, -0.05) is 12.1 Å². The van der Waals surface area contributed by atoms with Crippen molar-refractivity contribution in [1.29, 1.82) is 0 Å². The van der Waals surface area contributed by atoms with E-state index in [-0.39, 0.29) is 35.8 Å². The van der Waals surface area contributed by atoms with Gasteiger partial charge in [0, 0.05) is 51.1 Å². The number of aromatic amines is 1. The normalized spacial score (nSPS) is 14.2. The van der Waals surface area contributed by atoms with Crippen molar-refractivity contribution in [2.45, 2.75) is 26.3 Å². The van der Waals surface area contributed by atoms with Gasteiger partial charge < -0.3 is 14.6 Å². The van der Waals surface area contributed by atoms with Crippen LogP contribution in [0.3, 0.4) is 0 Å². The number of halogens is 1. The van der Waals surface area contributed by atoms with E-state index in [1.165, 1.54) is 12.1 Å². The van der Waals surface area contributed by atoms with Crippen molar-refractivity contribution in [2.24, 2.45) is 0 Å². The number of benzene rings is 2. The molecule has 1 N–H and O–H groups in total. The predicted molar refractivity (Wildman–Crippen MR) is 126 cm³/mol. The summed E-state index contributed by atoms with van der Waals surface area (Å²) in [7, 11) is 0. The highest BCUT2D eigenvalue weighted by molar-refractivity contribution is 5.76. The molecule has 178 valence electrons. The van der Waals surface area contributed by atoms with Crippen LogP contribution in [0.4, 0.5) is 4.39 Å².